The van der Waals surface area contributed by atoms with Gasteiger partial charge in [0.25, 0.3) is 0 Å². The third kappa shape index (κ3) is 2.70. The van der Waals surface area contributed by atoms with Crippen LogP contribution in [0.3, 0.4) is 0 Å². The van der Waals surface area contributed by atoms with Crippen molar-refractivity contribution in [2.75, 3.05) is 18.4 Å². The van der Waals surface area contributed by atoms with Gasteiger partial charge in [0.15, 0.2) is 0 Å². The summed E-state index contributed by atoms with van der Waals surface area (Å²) < 4.78 is 0. The summed E-state index contributed by atoms with van der Waals surface area (Å²) in [7, 11) is 0. The van der Waals surface area contributed by atoms with Crippen molar-refractivity contribution in [3.63, 3.8) is 0 Å². The number of carbonyl (C=O) groups is 1. The fourth-order valence-electron chi connectivity index (χ4n) is 2.51. The van der Waals surface area contributed by atoms with E-state index in [1.54, 1.807) is 0 Å². The molecule has 0 atom stereocenters. The molecule has 0 aliphatic carbocycles. The summed E-state index contributed by atoms with van der Waals surface area (Å²) in [6, 6.07) is 5.68. The molecule has 1 aromatic rings. The molecule has 1 amide bonds. The molecule has 18 heavy (non-hydrogen) atoms. The Hall–Kier alpha value is -1.42. The Labute approximate surface area is 108 Å². The highest BCUT2D eigenvalue weighted by Crippen LogP contribution is 2.33. The maximum absolute atomic E-state index is 12.5. The Morgan fingerprint density at radius 3 is 2.78 bits per heavy atom. The first-order chi connectivity index (χ1) is 8.66. The molecule has 4 nitrogen and oxygen atoms in total. The predicted octanol–water partition coefficient (Wildman–Crippen LogP) is 2.11. The Balaban J connectivity index is 2.10. The quantitative estimate of drug-likeness (QED) is 0.860. The number of hydrogen-bond donors (Lipinski definition) is 2. The largest absolute Gasteiger partial charge is 0.317 e. The zero-order valence-corrected chi connectivity index (χ0v) is 11.1. The lowest BCUT2D eigenvalue weighted by Gasteiger charge is -2.35. The molecule has 1 aliphatic heterocycles. The van der Waals surface area contributed by atoms with Crippen LogP contribution in [0.4, 0.5) is 5.82 Å². The van der Waals surface area contributed by atoms with E-state index < -0.39 is 0 Å². The molecule has 1 fully saturated rings. The third-order valence-electron chi connectivity index (χ3n) is 3.85. The maximum atomic E-state index is 12.5. The van der Waals surface area contributed by atoms with Crippen LogP contribution in [-0.4, -0.2) is 24.0 Å². The molecule has 0 unspecified atom stereocenters. The van der Waals surface area contributed by atoms with Crippen LogP contribution in [0.5, 0.6) is 0 Å². The number of pyridine rings is 1. The van der Waals surface area contributed by atoms with Gasteiger partial charge in [-0.1, -0.05) is 13.0 Å². The van der Waals surface area contributed by atoms with Crippen LogP contribution in [0.15, 0.2) is 18.2 Å². The van der Waals surface area contributed by atoms with E-state index in [2.05, 4.69) is 22.5 Å². The smallest absolute Gasteiger partial charge is 0.231 e. The minimum absolute atomic E-state index is 0.115. The zero-order valence-electron chi connectivity index (χ0n) is 11.1. The van der Waals surface area contributed by atoms with E-state index in [1.807, 2.05) is 25.1 Å². The second-order valence-electron chi connectivity index (χ2n) is 5.00. The van der Waals surface area contributed by atoms with Crippen LogP contribution >= 0.6 is 0 Å². The van der Waals surface area contributed by atoms with Gasteiger partial charge in [-0.15, -0.1) is 0 Å². The molecule has 4 heteroatoms. The van der Waals surface area contributed by atoms with Crippen molar-refractivity contribution in [3.05, 3.63) is 23.9 Å². The molecule has 0 aromatic carbocycles. The van der Waals surface area contributed by atoms with E-state index >= 15 is 0 Å². The molecule has 2 rings (SSSR count). The van der Waals surface area contributed by atoms with E-state index in [0.29, 0.717) is 5.82 Å². The van der Waals surface area contributed by atoms with Crippen LogP contribution in [0.2, 0.25) is 0 Å². The number of piperidine rings is 1. The molecule has 0 bridgehead atoms. The summed E-state index contributed by atoms with van der Waals surface area (Å²) in [5.74, 6) is 0.774. The van der Waals surface area contributed by atoms with Gasteiger partial charge < -0.3 is 10.6 Å². The lowest BCUT2D eigenvalue weighted by molar-refractivity contribution is -0.127. The van der Waals surface area contributed by atoms with Crippen LogP contribution in [0.1, 0.15) is 31.9 Å². The number of amides is 1. The van der Waals surface area contributed by atoms with Crippen LogP contribution in [0.25, 0.3) is 0 Å². The van der Waals surface area contributed by atoms with Gasteiger partial charge in [0.1, 0.15) is 5.82 Å². The highest BCUT2D eigenvalue weighted by atomic mass is 16.2. The Bertz CT molecular complexity index is 425. The molecule has 2 heterocycles. The van der Waals surface area contributed by atoms with Crippen molar-refractivity contribution >= 4 is 11.7 Å². The van der Waals surface area contributed by atoms with E-state index in [-0.39, 0.29) is 11.3 Å². The van der Waals surface area contributed by atoms with E-state index in [0.717, 1.165) is 38.0 Å². The molecule has 0 radical (unpaired) electrons. The number of rotatable bonds is 3. The van der Waals surface area contributed by atoms with Crippen LogP contribution in [0, 0.1) is 12.3 Å². The van der Waals surface area contributed by atoms with E-state index in [4.69, 9.17) is 0 Å². The van der Waals surface area contributed by atoms with E-state index in [1.165, 1.54) is 0 Å². The van der Waals surface area contributed by atoms with Gasteiger partial charge in [0, 0.05) is 5.69 Å². The first-order valence-corrected chi connectivity index (χ1v) is 6.62. The minimum Gasteiger partial charge on any atom is -0.317 e. The lowest BCUT2D eigenvalue weighted by atomic mass is 9.76. The van der Waals surface area contributed by atoms with Crippen molar-refractivity contribution in [1.29, 1.82) is 0 Å². The van der Waals surface area contributed by atoms with Crippen molar-refractivity contribution in [2.24, 2.45) is 5.41 Å². The van der Waals surface area contributed by atoms with Gasteiger partial charge in [-0.3, -0.25) is 4.79 Å². The number of carbonyl (C=O) groups excluding carboxylic acids is 1. The molecule has 1 aliphatic rings. The fraction of sp³-hybridized carbons (Fsp3) is 0.571. The second-order valence-corrected chi connectivity index (χ2v) is 5.00. The third-order valence-corrected chi connectivity index (χ3v) is 3.85. The average molecular weight is 247 g/mol. The number of aryl methyl sites for hydroxylation is 1. The molecule has 2 N–H and O–H groups in total. The molecule has 0 spiro atoms. The average Bonchev–Trinajstić information content (AvgIpc) is 2.39. The molecule has 0 saturated carbocycles. The number of nitrogens with zero attached hydrogens (tertiary/aromatic N) is 1. The van der Waals surface area contributed by atoms with Crippen molar-refractivity contribution < 1.29 is 4.79 Å². The topological polar surface area (TPSA) is 54.0 Å². The highest BCUT2D eigenvalue weighted by molar-refractivity contribution is 5.94. The standard InChI is InChI=1S/C14H21N3O/c1-3-14(7-9-15-10-8-14)13(18)17-12-6-4-5-11(2)16-12/h4-6,15H,3,7-10H2,1-2H3,(H,16,17,18). The number of aromatic nitrogens is 1. The van der Waals surface area contributed by atoms with Gasteiger partial charge in [0.05, 0.1) is 5.41 Å². The van der Waals surface area contributed by atoms with Gasteiger partial charge in [0.2, 0.25) is 5.91 Å². The lowest BCUT2D eigenvalue weighted by Crippen LogP contribution is -2.44. The molecule has 1 aromatic heterocycles. The van der Waals surface area contributed by atoms with Crippen molar-refractivity contribution in [2.45, 2.75) is 33.1 Å². The highest BCUT2D eigenvalue weighted by Gasteiger charge is 2.37. The normalized spacial score (nSPS) is 18.3. The Morgan fingerprint density at radius 1 is 1.44 bits per heavy atom. The predicted molar refractivity (Wildman–Crippen MR) is 72.4 cm³/mol. The molecular formula is C14H21N3O. The molecule has 1 saturated heterocycles. The van der Waals surface area contributed by atoms with Gasteiger partial charge >= 0.3 is 0 Å². The van der Waals surface area contributed by atoms with Crippen molar-refractivity contribution in [1.82, 2.24) is 10.3 Å². The van der Waals surface area contributed by atoms with Gasteiger partial charge in [-0.05, 0) is 51.4 Å². The monoisotopic (exact) mass is 247 g/mol. The molecular weight excluding hydrogens is 226 g/mol. The Kier molecular flexibility index (Phi) is 3.97. The summed E-state index contributed by atoms with van der Waals surface area (Å²) in [5.41, 5.74) is 0.695. The SMILES string of the molecule is CCC1(C(=O)Nc2cccc(C)n2)CCNCC1. The maximum Gasteiger partial charge on any atom is 0.231 e. The second kappa shape index (κ2) is 5.48. The molecule has 98 valence electrons. The minimum atomic E-state index is -0.226. The van der Waals surface area contributed by atoms with E-state index in [9.17, 15) is 4.79 Å². The summed E-state index contributed by atoms with van der Waals surface area (Å²) in [5, 5.41) is 6.27. The first-order valence-electron chi connectivity index (χ1n) is 6.62. The Morgan fingerprint density at radius 2 is 2.17 bits per heavy atom. The van der Waals surface area contributed by atoms with Gasteiger partial charge in [-0.25, -0.2) is 4.98 Å². The van der Waals surface area contributed by atoms with Crippen LogP contribution in [-0.2, 0) is 4.79 Å². The summed E-state index contributed by atoms with van der Waals surface area (Å²) >= 11 is 0. The number of hydrogen-bond acceptors (Lipinski definition) is 3. The number of anilines is 1. The summed E-state index contributed by atoms with van der Waals surface area (Å²) in [6.07, 6.45) is 2.69. The number of nitrogens with one attached hydrogen (secondary N) is 2. The zero-order chi connectivity index (χ0) is 13.0. The van der Waals surface area contributed by atoms with Gasteiger partial charge in [-0.2, -0.15) is 0 Å². The van der Waals surface area contributed by atoms with Crippen molar-refractivity contribution in [3.8, 4) is 0 Å². The first kappa shape index (κ1) is 13.0. The fourth-order valence-corrected chi connectivity index (χ4v) is 2.51. The van der Waals surface area contributed by atoms with Crippen LogP contribution < -0.4 is 10.6 Å². The summed E-state index contributed by atoms with van der Waals surface area (Å²) in [6.45, 7) is 5.86. The summed E-state index contributed by atoms with van der Waals surface area (Å²) in [4.78, 5) is 16.8.